The number of pyridine rings is 1. The van der Waals surface area contributed by atoms with Crippen LogP contribution in [0, 0.1) is 0 Å². The van der Waals surface area contributed by atoms with Crippen molar-refractivity contribution in [2.24, 2.45) is 0 Å². The zero-order valence-corrected chi connectivity index (χ0v) is 15.9. The minimum atomic E-state index is -3.51. The normalized spacial score (nSPS) is 17.4. The smallest absolute Gasteiger partial charge is 0.244 e. The Balaban J connectivity index is 1.69. The molecule has 9 heteroatoms. The van der Waals surface area contributed by atoms with Gasteiger partial charge in [-0.25, -0.2) is 18.4 Å². The molecule has 0 spiro atoms. The van der Waals surface area contributed by atoms with E-state index >= 15 is 0 Å². The second-order valence-corrected chi connectivity index (χ2v) is 8.86. The summed E-state index contributed by atoms with van der Waals surface area (Å²) in [5, 5.41) is 4.25. The fraction of sp³-hybridized carbons (Fsp3) is 0.500. The predicted octanol–water partition coefficient (Wildman–Crippen LogP) is 2.29. The van der Waals surface area contributed by atoms with Crippen molar-refractivity contribution in [1.82, 2.24) is 14.3 Å². The molecule has 2 aromatic heterocycles. The largest absolute Gasteiger partial charge is 0.379 e. The highest BCUT2D eigenvalue weighted by molar-refractivity contribution is 7.89. The number of morpholine rings is 1. The van der Waals surface area contributed by atoms with Crippen LogP contribution in [0.5, 0.6) is 0 Å². The first-order chi connectivity index (χ1) is 12.0. The monoisotopic (exact) mass is 382 g/mol. The van der Waals surface area contributed by atoms with Crippen LogP contribution in [0.3, 0.4) is 0 Å². The van der Waals surface area contributed by atoms with Gasteiger partial charge < -0.3 is 10.1 Å². The molecule has 7 nitrogen and oxygen atoms in total. The molecule has 0 saturated carbocycles. The van der Waals surface area contributed by atoms with E-state index in [-0.39, 0.29) is 10.9 Å². The van der Waals surface area contributed by atoms with Gasteiger partial charge in [0.1, 0.15) is 15.7 Å². The standard InChI is InChI=1S/C16H22N4O3S2/c1-3-13-10-18-16(24-13)12(2)19-15-5-4-14(11-17-15)25(21,22)20-6-8-23-9-7-20/h4-5,10-12H,3,6-9H2,1-2H3,(H,17,19). The minimum Gasteiger partial charge on any atom is -0.379 e. The van der Waals surface area contributed by atoms with Crippen molar-refractivity contribution in [3.63, 3.8) is 0 Å². The molecule has 1 aliphatic rings. The highest BCUT2D eigenvalue weighted by atomic mass is 32.2. The van der Waals surface area contributed by atoms with E-state index in [0.717, 1.165) is 11.4 Å². The molecule has 1 saturated heterocycles. The molecule has 1 fully saturated rings. The number of aromatic nitrogens is 2. The van der Waals surface area contributed by atoms with E-state index in [2.05, 4.69) is 22.2 Å². The molecule has 0 bridgehead atoms. The third kappa shape index (κ3) is 4.17. The maximum Gasteiger partial charge on any atom is 0.244 e. The summed E-state index contributed by atoms with van der Waals surface area (Å²) in [4.78, 5) is 10.1. The minimum absolute atomic E-state index is 0.0134. The number of ether oxygens (including phenoxy) is 1. The first-order valence-electron chi connectivity index (χ1n) is 8.26. The number of hydrogen-bond acceptors (Lipinski definition) is 7. The van der Waals surface area contributed by atoms with Gasteiger partial charge in [-0.15, -0.1) is 11.3 Å². The summed E-state index contributed by atoms with van der Waals surface area (Å²) in [6.45, 7) is 5.73. The Morgan fingerprint density at radius 2 is 2.04 bits per heavy atom. The van der Waals surface area contributed by atoms with E-state index in [0.29, 0.717) is 32.1 Å². The van der Waals surface area contributed by atoms with Crippen LogP contribution in [-0.2, 0) is 21.2 Å². The number of hydrogen-bond donors (Lipinski definition) is 1. The van der Waals surface area contributed by atoms with Gasteiger partial charge in [0.25, 0.3) is 0 Å². The van der Waals surface area contributed by atoms with Crippen molar-refractivity contribution < 1.29 is 13.2 Å². The number of aryl methyl sites for hydroxylation is 1. The first kappa shape index (κ1) is 18.2. The molecule has 1 N–H and O–H groups in total. The summed E-state index contributed by atoms with van der Waals surface area (Å²) >= 11 is 1.67. The van der Waals surface area contributed by atoms with Gasteiger partial charge in [0.05, 0.1) is 19.3 Å². The quantitative estimate of drug-likeness (QED) is 0.825. The molecule has 0 aromatic carbocycles. The summed E-state index contributed by atoms with van der Waals surface area (Å²) in [6.07, 6.45) is 4.26. The maximum atomic E-state index is 12.6. The van der Waals surface area contributed by atoms with Crippen LogP contribution in [0.25, 0.3) is 0 Å². The van der Waals surface area contributed by atoms with Gasteiger partial charge in [-0.3, -0.25) is 0 Å². The molecule has 0 radical (unpaired) electrons. The first-order valence-corrected chi connectivity index (χ1v) is 10.5. The van der Waals surface area contributed by atoms with Crippen LogP contribution >= 0.6 is 11.3 Å². The molecule has 136 valence electrons. The van der Waals surface area contributed by atoms with Gasteiger partial charge >= 0.3 is 0 Å². The summed E-state index contributed by atoms with van der Waals surface area (Å²) in [7, 11) is -3.51. The molecule has 1 atom stereocenters. The second-order valence-electron chi connectivity index (χ2n) is 5.78. The highest BCUT2D eigenvalue weighted by Gasteiger charge is 2.26. The van der Waals surface area contributed by atoms with Gasteiger partial charge in [-0.05, 0) is 25.5 Å². The van der Waals surface area contributed by atoms with Gasteiger partial charge in [-0.2, -0.15) is 4.31 Å². The molecular weight excluding hydrogens is 360 g/mol. The molecule has 3 heterocycles. The Labute approximate surface area is 152 Å². The number of nitrogens with zero attached hydrogens (tertiary/aromatic N) is 3. The molecule has 0 amide bonds. The van der Waals surface area contributed by atoms with Crippen LogP contribution < -0.4 is 5.32 Å². The summed E-state index contributed by atoms with van der Waals surface area (Å²) in [6, 6.07) is 3.30. The predicted molar refractivity (Wildman–Crippen MR) is 97.3 cm³/mol. The van der Waals surface area contributed by atoms with Gasteiger partial charge in [0, 0.05) is 30.4 Å². The molecule has 2 aromatic rings. The Bertz CT molecular complexity index is 799. The van der Waals surface area contributed by atoms with Crippen molar-refractivity contribution in [3.8, 4) is 0 Å². The topological polar surface area (TPSA) is 84.4 Å². The van der Waals surface area contributed by atoms with Crippen molar-refractivity contribution in [1.29, 1.82) is 0 Å². The maximum absolute atomic E-state index is 12.6. The Hall–Kier alpha value is -1.55. The lowest BCUT2D eigenvalue weighted by Crippen LogP contribution is -2.40. The molecule has 0 aliphatic carbocycles. The third-order valence-corrected chi connectivity index (χ3v) is 7.21. The van der Waals surface area contributed by atoms with Crippen LogP contribution in [0.2, 0.25) is 0 Å². The SMILES string of the molecule is CCc1cnc(C(C)Nc2ccc(S(=O)(=O)N3CCOCC3)cn2)s1. The molecule has 3 rings (SSSR count). The second kappa shape index (κ2) is 7.77. The van der Waals surface area contributed by atoms with Crippen molar-refractivity contribution in [3.05, 3.63) is 34.4 Å². The number of anilines is 1. The number of nitrogens with one attached hydrogen (secondary N) is 1. The summed E-state index contributed by atoms with van der Waals surface area (Å²) in [5.41, 5.74) is 0. The van der Waals surface area contributed by atoms with E-state index in [1.807, 2.05) is 13.1 Å². The van der Waals surface area contributed by atoms with Crippen molar-refractivity contribution >= 4 is 27.2 Å². The van der Waals surface area contributed by atoms with E-state index in [9.17, 15) is 8.42 Å². The Kier molecular flexibility index (Phi) is 5.67. The van der Waals surface area contributed by atoms with E-state index in [4.69, 9.17) is 4.74 Å². The van der Waals surface area contributed by atoms with Crippen molar-refractivity contribution in [2.45, 2.75) is 31.2 Å². The van der Waals surface area contributed by atoms with E-state index in [1.54, 1.807) is 23.5 Å². The summed E-state index contributed by atoms with van der Waals surface area (Å²) < 4.78 is 31.8. The zero-order chi connectivity index (χ0) is 17.9. The number of rotatable bonds is 6. The molecule has 1 aliphatic heterocycles. The van der Waals surface area contributed by atoms with Crippen LogP contribution in [0.1, 0.15) is 29.8 Å². The fourth-order valence-electron chi connectivity index (χ4n) is 2.52. The van der Waals surface area contributed by atoms with E-state index < -0.39 is 10.0 Å². The van der Waals surface area contributed by atoms with Crippen LogP contribution in [0.15, 0.2) is 29.4 Å². The summed E-state index contributed by atoms with van der Waals surface area (Å²) in [5.74, 6) is 0.627. The lowest BCUT2D eigenvalue weighted by atomic mass is 10.3. The lowest BCUT2D eigenvalue weighted by molar-refractivity contribution is 0.0730. The third-order valence-electron chi connectivity index (χ3n) is 4.00. The van der Waals surface area contributed by atoms with Crippen LogP contribution in [0.4, 0.5) is 5.82 Å². The lowest BCUT2D eigenvalue weighted by Gasteiger charge is -2.25. The average Bonchev–Trinajstić information content (AvgIpc) is 3.12. The number of sulfonamides is 1. The van der Waals surface area contributed by atoms with Crippen LogP contribution in [-0.4, -0.2) is 49.0 Å². The molecule has 1 unspecified atom stereocenters. The van der Waals surface area contributed by atoms with Gasteiger partial charge in [0.2, 0.25) is 10.0 Å². The molecular formula is C16H22N4O3S2. The fourth-order valence-corrected chi connectivity index (χ4v) is 4.74. The molecule has 25 heavy (non-hydrogen) atoms. The Morgan fingerprint density at radius 3 is 2.64 bits per heavy atom. The highest BCUT2D eigenvalue weighted by Crippen LogP contribution is 2.24. The van der Waals surface area contributed by atoms with Crippen molar-refractivity contribution in [2.75, 3.05) is 31.6 Å². The van der Waals surface area contributed by atoms with Gasteiger partial charge in [-0.1, -0.05) is 6.92 Å². The van der Waals surface area contributed by atoms with Gasteiger partial charge in [0.15, 0.2) is 0 Å². The number of thiazole rings is 1. The Morgan fingerprint density at radius 1 is 1.28 bits per heavy atom. The van der Waals surface area contributed by atoms with E-state index in [1.165, 1.54) is 15.4 Å². The zero-order valence-electron chi connectivity index (χ0n) is 14.3. The average molecular weight is 383 g/mol.